The van der Waals surface area contributed by atoms with Crippen molar-refractivity contribution in [2.45, 2.75) is 36.5 Å². The summed E-state index contributed by atoms with van der Waals surface area (Å²) in [6.45, 7) is 4.70. The second-order valence-electron chi connectivity index (χ2n) is 16.0. The summed E-state index contributed by atoms with van der Waals surface area (Å²) >= 11 is 0. The Hall–Kier alpha value is -6.18. The van der Waals surface area contributed by atoms with Crippen LogP contribution in [0.2, 0.25) is 0 Å². The average molecular weight is 692 g/mol. The van der Waals surface area contributed by atoms with E-state index in [1.165, 1.54) is 72.3 Å². The summed E-state index contributed by atoms with van der Waals surface area (Å²) in [5, 5.41) is 3.88. The third-order valence-corrected chi connectivity index (χ3v) is 13.2. The van der Waals surface area contributed by atoms with Crippen LogP contribution in [0.4, 0.5) is 11.4 Å². The molecule has 258 valence electrons. The van der Waals surface area contributed by atoms with Crippen molar-refractivity contribution >= 4 is 16.9 Å². The van der Waals surface area contributed by atoms with Crippen molar-refractivity contribution in [3.05, 3.63) is 244 Å². The van der Waals surface area contributed by atoms with E-state index in [0.29, 0.717) is 5.92 Å². The summed E-state index contributed by atoms with van der Waals surface area (Å²) in [7, 11) is 0. The van der Waals surface area contributed by atoms with E-state index in [-0.39, 0.29) is 10.8 Å². The molecule has 0 saturated heterocycles. The van der Waals surface area contributed by atoms with Gasteiger partial charge in [0, 0.05) is 22.7 Å². The van der Waals surface area contributed by atoms with Gasteiger partial charge in [-0.15, -0.1) is 0 Å². The largest absolute Gasteiger partial charge is 0.356 e. The Labute approximate surface area is 318 Å². The van der Waals surface area contributed by atoms with Crippen LogP contribution < -0.4 is 5.32 Å². The number of hydrogen-bond donors (Lipinski definition) is 1. The molecule has 4 aliphatic carbocycles. The molecular formula is C53H41N. The van der Waals surface area contributed by atoms with Gasteiger partial charge in [0.05, 0.1) is 10.8 Å². The lowest BCUT2D eigenvalue weighted by Gasteiger charge is -2.51. The molecule has 0 aromatic heterocycles. The van der Waals surface area contributed by atoms with Gasteiger partial charge in [-0.05, 0) is 103 Å². The molecule has 1 heteroatoms. The van der Waals surface area contributed by atoms with Crippen molar-refractivity contribution in [1.82, 2.24) is 0 Å². The molecule has 0 fully saturated rings. The highest BCUT2D eigenvalue weighted by Crippen LogP contribution is 2.67. The van der Waals surface area contributed by atoms with Crippen LogP contribution in [-0.2, 0) is 16.2 Å². The number of benzene rings is 7. The Morgan fingerprint density at radius 1 is 0.481 bits per heavy atom. The van der Waals surface area contributed by atoms with Gasteiger partial charge in [0.15, 0.2) is 0 Å². The summed E-state index contributed by atoms with van der Waals surface area (Å²) in [6.07, 6.45) is 8.04. The first kappa shape index (κ1) is 31.4. The van der Waals surface area contributed by atoms with Gasteiger partial charge < -0.3 is 5.32 Å². The van der Waals surface area contributed by atoms with Crippen LogP contribution >= 0.6 is 0 Å². The smallest absolute Gasteiger partial charge is 0.0708 e. The summed E-state index contributed by atoms with van der Waals surface area (Å²) in [5.41, 5.74) is 19.1. The van der Waals surface area contributed by atoms with E-state index in [4.69, 9.17) is 0 Å². The molecule has 54 heavy (non-hydrogen) atoms. The first-order valence-corrected chi connectivity index (χ1v) is 19.4. The minimum absolute atomic E-state index is 0.0598. The van der Waals surface area contributed by atoms with Crippen molar-refractivity contribution in [3.8, 4) is 11.1 Å². The maximum atomic E-state index is 3.88. The molecule has 0 aliphatic heterocycles. The molecule has 3 atom stereocenters. The Kier molecular flexibility index (Phi) is 6.62. The van der Waals surface area contributed by atoms with Crippen molar-refractivity contribution in [2.75, 3.05) is 5.32 Å². The first-order valence-electron chi connectivity index (χ1n) is 19.4. The molecule has 11 rings (SSSR count). The van der Waals surface area contributed by atoms with E-state index in [9.17, 15) is 0 Å². The maximum absolute atomic E-state index is 3.88. The van der Waals surface area contributed by atoms with Crippen LogP contribution in [0.15, 0.2) is 188 Å². The summed E-state index contributed by atoms with van der Waals surface area (Å²) in [6, 6.07) is 64.1. The molecule has 3 unspecified atom stereocenters. The fourth-order valence-corrected chi connectivity index (χ4v) is 11.1. The maximum Gasteiger partial charge on any atom is 0.0708 e. The lowest BCUT2D eigenvalue weighted by atomic mass is 9.50. The fourth-order valence-electron chi connectivity index (χ4n) is 11.1. The van der Waals surface area contributed by atoms with Crippen LogP contribution in [-0.4, -0.2) is 0 Å². The minimum atomic E-state index is -0.553. The van der Waals surface area contributed by atoms with Gasteiger partial charge in [-0.1, -0.05) is 178 Å². The number of fused-ring (bicyclic) bond motifs is 8. The summed E-state index contributed by atoms with van der Waals surface area (Å²) in [5.74, 6) is 0.305. The zero-order chi connectivity index (χ0) is 36.1. The molecule has 0 spiro atoms. The van der Waals surface area contributed by atoms with E-state index in [0.717, 1.165) is 17.8 Å². The monoisotopic (exact) mass is 691 g/mol. The highest BCUT2D eigenvalue weighted by Gasteiger charge is 2.60. The third-order valence-electron chi connectivity index (χ3n) is 13.2. The van der Waals surface area contributed by atoms with E-state index in [1.54, 1.807) is 0 Å². The van der Waals surface area contributed by atoms with Crippen molar-refractivity contribution in [1.29, 1.82) is 0 Å². The lowest BCUT2D eigenvalue weighted by Crippen LogP contribution is -2.46. The second kappa shape index (κ2) is 11.4. The van der Waals surface area contributed by atoms with Gasteiger partial charge in [-0.3, -0.25) is 0 Å². The molecule has 4 aliphatic rings. The zero-order valence-corrected chi connectivity index (χ0v) is 30.7. The molecule has 0 heterocycles. The molecule has 0 radical (unpaired) electrons. The Bertz CT molecular complexity index is 2700. The van der Waals surface area contributed by atoms with E-state index >= 15 is 0 Å². The Morgan fingerprint density at radius 2 is 1.09 bits per heavy atom. The van der Waals surface area contributed by atoms with E-state index < -0.39 is 5.41 Å². The topological polar surface area (TPSA) is 12.0 Å². The van der Waals surface area contributed by atoms with Gasteiger partial charge in [0.2, 0.25) is 0 Å². The lowest BCUT2D eigenvalue weighted by molar-refractivity contribution is 0.454. The summed E-state index contributed by atoms with van der Waals surface area (Å²) in [4.78, 5) is 0. The molecule has 0 amide bonds. The van der Waals surface area contributed by atoms with Crippen molar-refractivity contribution in [2.24, 2.45) is 5.92 Å². The third kappa shape index (κ3) is 3.99. The summed E-state index contributed by atoms with van der Waals surface area (Å²) < 4.78 is 0. The quantitative estimate of drug-likeness (QED) is 0.189. The standard InChI is InChI=1S/C53H41N/c1-51(2)44-26-11-9-23-40(44)42-32-31-39(34-49(42)51)54-38-22-15-21-37(33-38)52(35-17-5-3-6-18-35)46-28-13-14-29-47(46)53(36-19-7-4-8-20-36)45-27-12-10-24-41(45)43-25-16-30-48(52)50(43)53/h3-26,28-34,45,54H,27H2,1-2H3. The van der Waals surface area contributed by atoms with Crippen LogP contribution in [0, 0.1) is 5.92 Å². The molecule has 7 aromatic rings. The molecule has 1 nitrogen and oxygen atoms in total. The van der Waals surface area contributed by atoms with Crippen LogP contribution in [0.25, 0.3) is 16.7 Å². The second-order valence-corrected chi connectivity index (χ2v) is 16.0. The molecule has 7 aromatic carbocycles. The fraction of sp³-hybridized carbons (Fsp3) is 0.132. The van der Waals surface area contributed by atoms with E-state index in [1.807, 2.05) is 0 Å². The van der Waals surface area contributed by atoms with Crippen molar-refractivity contribution in [3.63, 3.8) is 0 Å². The predicted octanol–water partition coefficient (Wildman–Crippen LogP) is 12.7. The average Bonchev–Trinajstić information content (AvgIpc) is 3.66. The van der Waals surface area contributed by atoms with Crippen molar-refractivity contribution < 1.29 is 0 Å². The molecule has 0 bridgehead atoms. The first-order chi connectivity index (χ1) is 26.5. The SMILES string of the molecule is CC1(C)c2ccccc2-c2ccc(Nc3cccc(C4(c5ccccc5)c5ccccc5C5(c6ccccc6)c6c(cccc64)C4=CC=CCC45)c3)cc21. The number of anilines is 2. The van der Waals surface area contributed by atoms with Gasteiger partial charge in [-0.2, -0.15) is 0 Å². The number of nitrogens with one attached hydrogen (secondary N) is 1. The predicted molar refractivity (Wildman–Crippen MR) is 224 cm³/mol. The van der Waals surface area contributed by atoms with Crippen LogP contribution in [0.1, 0.15) is 75.9 Å². The molecule has 1 N–H and O–H groups in total. The highest BCUT2D eigenvalue weighted by molar-refractivity contribution is 5.89. The van der Waals surface area contributed by atoms with Gasteiger partial charge >= 0.3 is 0 Å². The number of rotatable bonds is 5. The molecular weight excluding hydrogens is 651 g/mol. The number of hydrogen-bond acceptors (Lipinski definition) is 1. The molecule has 0 saturated carbocycles. The Morgan fingerprint density at radius 3 is 1.91 bits per heavy atom. The van der Waals surface area contributed by atoms with Gasteiger partial charge in [0.1, 0.15) is 0 Å². The van der Waals surface area contributed by atoms with E-state index in [2.05, 4.69) is 207 Å². The van der Waals surface area contributed by atoms with Crippen LogP contribution in [0.3, 0.4) is 0 Å². The number of allylic oxidation sites excluding steroid dienone is 4. The normalized spacial score (nSPS) is 22.0. The van der Waals surface area contributed by atoms with Gasteiger partial charge in [0.25, 0.3) is 0 Å². The highest BCUT2D eigenvalue weighted by atomic mass is 14.9. The Balaban J connectivity index is 1.15. The minimum Gasteiger partial charge on any atom is -0.356 e. The van der Waals surface area contributed by atoms with Gasteiger partial charge in [-0.25, -0.2) is 0 Å². The van der Waals surface area contributed by atoms with Crippen LogP contribution in [0.5, 0.6) is 0 Å². The zero-order valence-electron chi connectivity index (χ0n) is 30.7.